The van der Waals surface area contributed by atoms with Crippen LogP contribution in [0.1, 0.15) is 11.1 Å². The quantitative estimate of drug-likeness (QED) is 0.667. The van der Waals surface area contributed by atoms with Crippen molar-refractivity contribution in [3.63, 3.8) is 0 Å². The molecule has 0 radical (unpaired) electrons. The lowest BCUT2D eigenvalue weighted by molar-refractivity contribution is -0.189. The summed E-state index contributed by atoms with van der Waals surface area (Å²) in [4.78, 5) is 0. The Balaban J connectivity index is 2.44. The first kappa shape index (κ1) is 18.0. The maximum absolute atomic E-state index is 13.8. The zero-order valence-corrected chi connectivity index (χ0v) is 11.2. The molecule has 0 atom stereocenters. The first-order valence-corrected chi connectivity index (χ1v) is 6.01. The van der Waals surface area contributed by atoms with E-state index >= 15 is 0 Å². The molecule has 0 heterocycles. The Morgan fingerprint density at radius 3 is 1.54 bits per heavy atom. The molecule has 130 valence electrons. The summed E-state index contributed by atoms with van der Waals surface area (Å²) in [7, 11) is 0. The lowest BCUT2D eigenvalue weighted by Crippen LogP contribution is -2.25. The summed E-state index contributed by atoms with van der Waals surface area (Å²) in [5, 5.41) is 0. The molecule has 24 heavy (non-hydrogen) atoms. The molecule has 0 N–H and O–H groups in total. The van der Waals surface area contributed by atoms with Crippen molar-refractivity contribution in [1.29, 1.82) is 0 Å². The molecular weight excluding hydrogens is 355 g/mol. The molecule has 10 heteroatoms. The van der Waals surface area contributed by atoms with Crippen LogP contribution in [0.2, 0.25) is 0 Å². The Morgan fingerprint density at radius 1 is 0.667 bits per heavy atom. The molecule has 0 spiro atoms. The molecule has 0 aliphatic heterocycles. The molecule has 0 aliphatic carbocycles. The van der Waals surface area contributed by atoms with Crippen LogP contribution in [0.4, 0.5) is 39.5 Å². The molecule has 2 aromatic rings. The number of benzene rings is 2. The fourth-order valence-corrected chi connectivity index (χ4v) is 1.85. The smallest absolute Gasteiger partial charge is 0.429 e. The number of rotatable bonds is 3. The Hall–Kier alpha value is -2.39. The van der Waals surface area contributed by atoms with Crippen LogP contribution in [0, 0.1) is 23.3 Å². The molecule has 0 unspecified atom stereocenters. The highest BCUT2D eigenvalue weighted by Gasteiger charge is 2.42. The van der Waals surface area contributed by atoms with Crippen molar-refractivity contribution >= 4 is 0 Å². The lowest BCUT2D eigenvalue weighted by Gasteiger charge is -2.20. The van der Waals surface area contributed by atoms with Gasteiger partial charge in [0.25, 0.3) is 0 Å². The van der Waals surface area contributed by atoms with Crippen LogP contribution >= 0.6 is 0 Å². The van der Waals surface area contributed by atoms with Crippen LogP contribution in [0.3, 0.4) is 0 Å². The summed E-state index contributed by atoms with van der Waals surface area (Å²) in [5.74, 6) is -9.25. The van der Waals surface area contributed by atoms with Crippen molar-refractivity contribution in [2.45, 2.75) is 12.3 Å². The van der Waals surface area contributed by atoms with Crippen molar-refractivity contribution in [3.05, 3.63) is 64.7 Å². The highest BCUT2D eigenvalue weighted by molar-refractivity contribution is 5.33. The molecule has 0 aliphatic rings. The van der Waals surface area contributed by atoms with E-state index < -0.39 is 52.4 Å². The van der Waals surface area contributed by atoms with Crippen molar-refractivity contribution in [2.24, 2.45) is 0 Å². The largest absolute Gasteiger partial charge is 0.432 e. The van der Waals surface area contributed by atoms with E-state index in [0.717, 1.165) is 6.07 Å². The number of hydrogen-bond donors (Lipinski definition) is 0. The third-order valence-electron chi connectivity index (χ3n) is 2.80. The highest BCUT2D eigenvalue weighted by Crippen LogP contribution is 2.39. The normalized spacial score (nSPS) is 12.4. The first-order valence-electron chi connectivity index (χ1n) is 6.01. The molecule has 2 rings (SSSR count). The van der Waals surface area contributed by atoms with Gasteiger partial charge in [-0.1, -0.05) is 6.07 Å². The predicted octanol–water partition coefficient (Wildman–Crippen LogP) is 5.39. The van der Waals surface area contributed by atoms with Gasteiger partial charge in [-0.25, -0.2) is 17.6 Å². The summed E-state index contributed by atoms with van der Waals surface area (Å²) in [6.07, 6.45) is -10.1. The van der Waals surface area contributed by atoms with Gasteiger partial charge in [0, 0.05) is 12.1 Å². The second-order valence-corrected chi connectivity index (χ2v) is 4.48. The van der Waals surface area contributed by atoms with Gasteiger partial charge in [0.05, 0.1) is 0 Å². The zero-order chi connectivity index (χ0) is 18.3. The summed E-state index contributed by atoms with van der Waals surface area (Å²) >= 11 is 0. The van der Waals surface area contributed by atoms with Crippen molar-refractivity contribution in [1.82, 2.24) is 0 Å². The SMILES string of the molecule is Fc1cc(OC(F)(F)c2c(F)cccc2F)cc(F)c1C(F)(F)F. The minimum Gasteiger partial charge on any atom is -0.429 e. The molecule has 0 bridgehead atoms. The van der Waals surface area contributed by atoms with E-state index in [4.69, 9.17) is 0 Å². The highest BCUT2D eigenvalue weighted by atomic mass is 19.4. The molecule has 1 nitrogen and oxygen atoms in total. The summed E-state index contributed by atoms with van der Waals surface area (Å²) in [6.45, 7) is 0. The monoisotopic (exact) mass is 360 g/mol. The third kappa shape index (κ3) is 3.41. The minimum absolute atomic E-state index is 0.168. The second kappa shape index (κ2) is 5.91. The standard InChI is InChI=1S/C14H5F9O/c15-7-2-1-3-8(16)12(7)14(22,23)24-6-4-9(17)11(10(18)5-6)13(19,20)21/h1-5H. The van der Waals surface area contributed by atoms with E-state index in [1.165, 1.54) is 0 Å². The van der Waals surface area contributed by atoms with E-state index in [1.807, 2.05) is 0 Å². The third-order valence-corrected chi connectivity index (χ3v) is 2.80. The van der Waals surface area contributed by atoms with Gasteiger partial charge in [-0.15, -0.1) is 0 Å². The lowest BCUT2D eigenvalue weighted by atomic mass is 10.1. The summed E-state index contributed by atoms with van der Waals surface area (Å²) < 4.78 is 122. The number of ether oxygens (including phenoxy) is 1. The maximum Gasteiger partial charge on any atom is 0.432 e. The number of halogens is 9. The molecule has 0 fully saturated rings. The molecule has 2 aromatic carbocycles. The van der Waals surface area contributed by atoms with Gasteiger partial charge in [-0.2, -0.15) is 22.0 Å². The van der Waals surface area contributed by atoms with Gasteiger partial charge in [0.2, 0.25) is 0 Å². The van der Waals surface area contributed by atoms with Crippen LogP contribution in [0.15, 0.2) is 30.3 Å². The first-order chi connectivity index (χ1) is 10.9. The van der Waals surface area contributed by atoms with E-state index in [2.05, 4.69) is 4.74 Å². The molecule has 0 saturated heterocycles. The van der Waals surface area contributed by atoms with Crippen molar-refractivity contribution in [2.75, 3.05) is 0 Å². The van der Waals surface area contributed by atoms with Crippen LogP contribution in [-0.2, 0) is 12.3 Å². The molecular formula is C14H5F9O. The van der Waals surface area contributed by atoms with Crippen molar-refractivity contribution in [3.8, 4) is 5.75 Å². The van der Waals surface area contributed by atoms with Crippen LogP contribution in [0.5, 0.6) is 5.75 Å². The van der Waals surface area contributed by atoms with Gasteiger partial charge in [-0.3, -0.25) is 0 Å². The van der Waals surface area contributed by atoms with Gasteiger partial charge in [-0.05, 0) is 12.1 Å². The van der Waals surface area contributed by atoms with Gasteiger partial charge >= 0.3 is 12.3 Å². The van der Waals surface area contributed by atoms with Gasteiger partial charge < -0.3 is 4.74 Å². The Labute approximate surface area is 128 Å². The minimum atomic E-state index is -5.41. The van der Waals surface area contributed by atoms with E-state index in [0.29, 0.717) is 12.1 Å². The van der Waals surface area contributed by atoms with E-state index in [-0.39, 0.29) is 12.1 Å². The van der Waals surface area contributed by atoms with Crippen molar-refractivity contribution < 1.29 is 44.3 Å². The topological polar surface area (TPSA) is 9.23 Å². The molecule has 0 saturated carbocycles. The fourth-order valence-electron chi connectivity index (χ4n) is 1.85. The predicted molar refractivity (Wildman–Crippen MR) is 62.2 cm³/mol. The molecule has 0 aromatic heterocycles. The Bertz CT molecular complexity index is 724. The average Bonchev–Trinajstić information content (AvgIpc) is 2.34. The maximum atomic E-state index is 13.8. The Kier molecular flexibility index (Phi) is 4.42. The van der Waals surface area contributed by atoms with Crippen LogP contribution in [-0.4, -0.2) is 0 Å². The number of hydrogen-bond acceptors (Lipinski definition) is 1. The number of alkyl halides is 5. The van der Waals surface area contributed by atoms with Gasteiger partial charge in [0.15, 0.2) is 0 Å². The van der Waals surface area contributed by atoms with E-state index in [1.54, 1.807) is 0 Å². The second-order valence-electron chi connectivity index (χ2n) is 4.48. The summed E-state index contributed by atoms with van der Waals surface area (Å²) in [5.41, 5.74) is -4.17. The molecule has 0 amide bonds. The van der Waals surface area contributed by atoms with Crippen LogP contribution in [0.25, 0.3) is 0 Å². The summed E-state index contributed by atoms with van der Waals surface area (Å²) in [6, 6.07) is 1.39. The van der Waals surface area contributed by atoms with Gasteiger partial charge in [0.1, 0.15) is 40.1 Å². The Morgan fingerprint density at radius 2 is 1.12 bits per heavy atom. The van der Waals surface area contributed by atoms with E-state index in [9.17, 15) is 39.5 Å². The fraction of sp³-hybridized carbons (Fsp3) is 0.143. The zero-order valence-electron chi connectivity index (χ0n) is 11.2. The van der Waals surface area contributed by atoms with Crippen LogP contribution < -0.4 is 4.74 Å². The average molecular weight is 360 g/mol.